The summed E-state index contributed by atoms with van der Waals surface area (Å²) in [5.41, 5.74) is 1.96. The van der Waals surface area contributed by atoms with Crippen molar-refractivity contribution in [3.63, 3.8) is 0 Å². The number of ether oxygens (including phenoxy) is 1. The number of benzene rings is 1. The van der Waals surface area contributed by atoms with E-state index in [1.165, 1.54) is 43.0 Å². The zero-order valence-electron chi connectivity index (χ0n) is 14.1. The molecule has 1 amide bonds. The van der Waals surface area contributed by atoms with Crippen molar-refractivity contribution in [1.29, 1.82) is 0 Å². The number of aryl methyl sites for hydroxylation is 1. The van der Waals surface area contributed by atoms with Gasteiger partial charge in [0.25, 0.3) is 5.91 Å². The minimum absolute atomic E-state index is 0.254. The summed E-state index contributed by atoms with van der Waals surface area (Å²) in [6, 6.07) is 8.98. The van der Waals surface area contributed by atoms with Crippen molar-refractivity contribution in [2.24, 2.45) is 0 Å². The van der Waals surface area contributed by atoms with Crippen molar-refractivity contribution in [3.05, 3.63) is 70.6 Å². The lowest BCUT2D eigenvalue weighted by Crippen LogP contribution is -2.14. The van der Waals surface area contributed by atoms with Crippen molar-refractivity contribution in [1.82, 2.24) is 4.98 Å². The number of hydrogen-bond donors (Lipinski definition) is 1. The number of nitrogens with zero attached hydrogens (tertiary/aromatic N) is 1. The molecule has 7 heteroatoms. The van der Waals surface area contributed by atoms with Gasteiger partial charge < -0.3 is 10.1 Å². The molecule has 5 nitrogen and oxygen atoms in total. The minimum Gasteiger partial charge on any atom is -0.465 e. The van der Waals surface area contributed by atoms with E-state index in [2.05, 4.69) is 10.3 Å². The topological polar surface area (TPSA) is 68.3 Å². The third-order valence-corrected chi connectivity index (χ3v) is 4.80. The van der Waals surface area contributed by atoms with Gasteiger partial charge in [-0.3, -0.25) is 9.78 Å². The van der Waals surface area contributed by atoms with Crippen molar-refractivity contribution < 1.29 is 18.7 Å². The molecule has 0 bridgehead atoms. The van der Waals surface area contributed by atoms with Gasteiger partial charge in [-0.25, -0.2) is 9.18 Å². The monoisotopic (exact) mass is 370 g/mol. The average Bonchev–Trinajstić information content (AvgIpc) is 2.98. The van der Waals surface area contributed by atoms with E-state index in [4.69, 9.17) is 4.74 Å². The van der Waals surface area contributed by atoms with Crippen LogP contribution in [0.3, 0.4) is 0 Å². The van der Waals surface area contributed by atoms with E-state index < -0.39 is 5.97 Å². The summed E-state index contributed by atoms with van der Waals surface area (Å²) in [7, 11) is 1.28. The quantitative estimate of drug-likeness (QED) is 0.696. The molecule has 0 saturated heterocycles. The first kappa shape index (κ1) is 17.8. The first-order valence-corrected chi connectivity index (χ1v) is 8.52. The lowest BCUT2D eigenvalue weighted by Gasteiger charge is -2.08. The molecule has 0 aliphatic heterocycles. The predicted molar refractivity (Wildman–Crippen MR) is 98.0 cm³/mol. The molecule has 1 aromatic carbocycles. The lowest BCUT2D eigenvalue weighted by molar-refractivity contribution is 0.0603. The molecule has 0 saturated carbocycles. The molecule has 0 radical (unpaired) electrons. The van der Waals surface area contributed by atoms with Gasteiger partial charge in [0.15, 0.2) is 0 Å². The Morgan fingerprint density at radius 3 is 2.38 bits per heavy atom. The highest BCUT2D eigenvalue weighted by Gasteiger charge is 2.25. The van der Waals surface area contributed by atoms with Gasteiger partial charge in [0.2, 0.25) is 0 Å². The van der Waals surface area contributed by atoms with Crippen molar-refractivity contribution in [3.8, 4) is 11.1 Å². The first-order chi connectivity index (χ1) is 12.5. The number of anilines is 1. The number of thiophene rings is 1. The third-order valence-electron chi connectivity index (χ3n) is 3.78. The largest absolute Gasteiger partial charge is 0.465 e. The smallest absolute Gasteiger partial charge is 0.341 e. The van der Waals surface area contributed by atoms with E-state index in [-0.39, 0.29) is 17.3 Å². The molecule has 1 N–H and O–H groups in total. The van der Waals surface area contributed by atoms with Crippen LogP contribution < -0.4 is 5.32 Å². The average molecular weight is 370 g/mol. The normalized spacial score (nSPS) is 10.4. The molecule has 0 fully saturated rings. The van der Waals surface area contributed by atoms with Crippen LogP contribution in [0.15, 0.2) is 48.8 Å². The Kier molecular flexibility index (Phi) is 5.09. The van der Waals surface area contributed by atoms with Crippen LogP contribution in [0.5, 0.6) is 0 Å². The molecule has 132 valence electrons. The Labute approximate surface area is 153 Å². The summed E-state index contributed by atoms with van der Waals surface area (Å²) in [6.45, 7) is 1.83. The van der Waals surface area contributed by atoms with E-state index in [0.29, 0.717) is 21.7 Å². The Bertz CT molecular complexity index is 953. The van der Waals surface area contributed by atoms with Crippen molar-refractivity contribution in [2.75, 3.05) is 12.4 Å². The number of pyridine rings is 1. The van der Waals surface area contributed by atoms with Gasteiger partial charge >= 0.3 is 5.97 Å². The highest BCUT2D eigenvalue weighted by atomic mass is 32.1. The van der Waals surface area contributed by atoms with Crippen LogP contribution in [-0.4, -0.2) is 24.0 Å². The van der Waals surface area contributed by atoms with Crippen LogP contribution in [-0.2, 0) is 4.74 Å². The Hall–Kier alpha value is -3.06. The molecule has 0 unspecified atom stereocenters. The predicted octanol–water partition coefficient (Wildman–Crippen LogP) is 4.30. The molecule has 2 heterocycles. The van der Waals surface area contributed by atoms with Crippen molar-refractivity contribution >= 4 is 28.2 Å². The molecule has 3 rings (SSSR count). The number of hydrogen-bond acceptors (Lipinski definition) is 5. The van der Waals surface area contributed by atoms with Crippen LogP contribution in [0.2, 0.25) is 0 Å². The van der Waals surface area contributed by atoms with Gasteiger partial charge in [0, 0.05) is 28.4 Å². The maximum atomic E-state index is 13.2. The zero-order valence-corrected chi connectivity index (χ0v) is 14.9. The fourth-order valence-corrected chi connectivity index (χ4v) is 3.63. The SMILES string of the molecule is COC(=O)c1c(NC(=O)c2ccncc2)sc(C)c1-c1ccc(F)cc1. The molecule has 0 aliphatic carbocycles. The fraction of sp³-hybridized carbons (Fsp3) is 0.105. The molecule has 26 heavy (non-hydrogen) atoms. The van der Waals surface area contributed by atoms with Crippen LogP contribution in [0.25, 0.3) is 11.1 Å². The number of amides is 1. The van der Waals surface area contributed by atoms with Gasteiger partial charge in [-0.2, -0.15) is 0 Å². The van der Waals surface area contributed by atoms with Gasteiger partial charge in [0.1, 0.15) is 16.4 Å². The maximum Gasteiger partial charge on any atom is 0.341 e. The van der Waals surface area contributed by atoms with Crippen LogP contribution in [0.1, 0.15) is 25.6 Å². The Morgan fingerprint density at radius 1 is 1.12 bits per heavy atom. The Balaban J connectivity index is 2.06. The molecular weight excluding hydrogens is 355 g/mol. The van der Waals surface area contributed by atoms with Gasteiger partial charge in [0.05, 0.1) is 7.11 Å². The number of carbonyl (C=O) groups is 2. The maximum absolute atomic E-state index is 13.2. The van der Waals surface area contributed by atoms with Crippen LogP contribution in [0, 0.1) is 12.7 Å². The lowest BCUT2D eigenvalue weighted by atomic mass is 10.0. The van der Waals surface area contributed by atoms with Gasteiger partial charge in [-0.05, 0) is 36.8 Å². The van der Waals surface area contributed by atoms with E-state index >= 15 is 0 Å². The number of halogens is 1. The van der Waals surface area contributed by atoms with Crippen LogP contribution in [0.4, 0.5) is 9.39 Å². The van der Waals surface area contributed by atoms with Gasteiger partial charge in [-0.1, -0.05) is 12.1 Å². The fourth-order valence-electron chi connectivity index (χ4n) is 2.57. The third kappa shape index (κ3) is 3.48. The summed E-state index contributed by atoms with van der Waals surface area (Å²) in [6.07, 6.45) is 3.03. The summed E-state index contributed by atoms with van der Waals surface area (Å²) in [4.78, 5) is 29.5. The number of esters is 1. The van der Waals surface area contributed by atoms with Crippen molar-refractivity contribution in [2.45, 2.75) is 6.92 Å². The number of carbonyl (C=O) groups excluding carboxylic acids is 2. The second-order valence-electron chi connectivity index (χ2n) is 5.43. The molecule has 0 atom stereocenters. The first-order valence-electron chi connectivity index (χ1n) is 7.70. The van der Waals surface area contributed by atoms with Crippen LogP contribution >= 0.6 is 11.3 Å². The van der Waals surface area contributed by atoms with E-state index in [9.17, 15) is 14.0 Å². The molecule has 0 aliphatic rings. The minimum atomic E-state index is -0.571. The summed E-state index contributed by atoms with van der Waals surface area (Å²) < 4.78 is 18.1. The summed E-state index contributed by atoms with van der Waals surface area (Å²) in [5, 5.41) is 3.15. The second kappa shape index (κ2) is 7.45. The standard InChI is InChI=1S/C19H15FN2O3S/c1-11-15(12-3-5-14(20)6-4-12)16(19(24)25-2)18(26-11)22-17(23)13-7-9-21-10-8-13/h3-10H,1-2H3,(H,22,23). The molecule has 0 spiro atoms. The number of methoxy groups -OCH3 is 1. The summed E-state index contributed by atoms with van der Waals surface area (Å²) >= 11 is 1.26. The van der Waals surface area contributed by atoms with E-state index in [1.54, 1.807) is 24.3 Å². The Morgan fingerprint density at radius 2 is 1.77 bits per heavy atom. The summed E-state index contributed by atoms with van der Waals surface area (Å²) in [5.74, 6) is -1.30. The highest BCUT2D eigenvalue weighted by molar-refractivity contribution is 7.17. The molecule has 3 aromatic rings. The van der Waals surface area contributed by atoms with Gasteiger partial charge in [-0.15, -0.1) is 11.3 Å². The second-order valence-corrected chi connectivity index (χ2v) is 6.65. The molecule has 2 aromatic heterocycles. The number of aromatic nitrogens is 1. The highest BCUT2D eigenvalue weighted by Crippen LogP contribution is 2.40. The number of nitrogens with one attached hydrogen (secondary N) is 1. The van der Waals surface area contributed by atoms with E-state index in [0.717, 1.165) is 4.88 Å². The molecular formula is C19H15FN2O3S. The zero-order chi connectivity index (χ0) is 18.7. The van der Waals surface area contributed by atoms with E-state index in [1.807, 2.05) is 6.92 Å². The number of rotatable bonds is 4.